The first-order valence-corrected chi connectivity index (χ1v) is 19.4. The number of carbonyl (C=O) groups is 2. The van der Waals surface area contributed by atoms with E-state index in [1.165, 1.54) is 0 Å². The second-order valence-electron chi connectivity index (χ2n) is 15.5. The molecule has 1 amide bonds. The lowest BCUT2D eigenvalue weighted by molar-refractivity contribution is -0.146. The van der Waals surface area contributed by atoms with Crippen LogP contribution in [0.4, 0.5) is 0 Å². The summed E-state index contributed by atoms with van der Waals surface area (Å²) in [6.07, 6.45) is 2.51. The molecule has 4 aromatic carbocycles. The van der Waals surface area contributed by atoms with Crippen LogP contribution in [-0.4, -0.2) is 50.4 Å². The van der Waals surface area contributed by atoms with E-state index >= 15 is 0 Å². The van der Waals surface area contributed by atoms with E-state index < -0.39 is 11.4 Å². The Morgan fingerprint density at radius 1 is 0.849 bits per heavy atom. The van der Waals surface area contributed by atoms with Crippen LogP contribution in [-0.2, 0) is 35.6 Å². The molecule has 1 unspecified atom stereocenters. The van der Waals surface area contributed by atoms with Crippen molar-refractivity contribution in [3.05, 3.63) is 124 Å². The number of carbonyl (C=O) groups excluding carboxylic acids is 1. The Bertz CT molecular complexity index is 2040. The maximum Gasteiger partial charge on any atom is 0.309 e. The van der Waals surface area contributed by atoms with Gasteiger partial charge in [0.15, 0.2) is 0 Å². The van der Waals surface area contributed by atoms with Crippen molar-refractivity contribution < 1.29 is 24.2 Å². The molecule has 9 heteroatoms. The fourth-order valence-electron chi connectivity index (χ4n) is 6.74. The van der Waals surface area contributed by atoms with Crippen LogP contribution in [0.2, 0.25) is 5.02 Å². The lowest BCUT2D eigenvalue weighted by Crippen LogP contribution is -2.39. The standard InChI is InChI=1S/C44H49ClN2O5S/c1-43(2,3)53-41-37-25-36(21-22-38(37)47(27-31-13-17-33(45)18-14-31)39(41)26-44(4,5)42(49)50)52-29-34-12-9-23-46(34)40(48)24-30-15-19-35(20-16-30)51-28-32-10-7-6-8-11-32/h6-8,10-11,13-22,25,34H,9,12,23-24,26-29H2,1-5H3,(H,49,50). The number of amides is 1. The van der Waals surface area contributed by atoms with Gasteiger partial charge < -0.3 is 24.0 Å². The molecule has 1 aromatic heterocycles. The number of nitrogens with zero attached hydrogens (tertiary/aromatic N) is 2. The Balaban J connectivity index is 1.19. The number of likely N-dealkylation sites (tertiary alicyclic amines) is 1. The second-order valence-corrected chi connectivity index (χ2v) is 17.8. The van der Waals surface area contributed by atoms with E-state index in [4.69, 9.17) is 21.1 Å². The van der Waals surface area contributed by atoms with E-state index in [1.807, 2.05) is 89.8 Å². The van der Waals surface area contributed by atoms with Gasteiger partial charge in [-0.05, 0) is 85.8 Å². The summed E-state index contributed by atoms with van der Waals surface area (Å²) in [5.74, 6) is 0.762. The van der Waals surface area contributed by atoms with Crippen LogP contribution in [0.25, 0.3) is 10.9 Å². The van der Waals surface area contributed by atoms with Crippen molar-refractivity contribution in [3.63, 3.8) is 0 Å². The van der Waals surface area contributed by atoms with E-state index in [2.05, 4.69) is 37.5 Å². The van der Waals surface area contributed by atoms with E-state index in [0.29, 0.717) is 44.2 Å². The van der Waals surface area contributed by atoms with Crippen LogP contribution >= 0.6 is 23.4 Å². The van der Waals surface area contributed by atoms with Crippen LogP contribution in [0.5, 0.6) is 11.5 Å². The molecule has 6 rings (SSSR count). The molecule has 7 nitrogen and oxygen atoms in total. The van der Waals surface area contributed by atoms with Crippen molar-refractivity contribution in [2.75, 3.05) is 13.2 Å². The zero-order chi connectivity index (χ0) is 37.8. The predicted molar refractivity (Wildman–Crippen MR) is 214 cm³/mol. The molecule has 0 saturated carbocycles. The van der Waals surface area contributed by atoms with Gasteiger partial charge in [-0.1, -0.05) is 87.0 Å². The Morgan fingerprint density at radius 2 is 1.53 bits per heavy atom. The van der Waals surface area contributed by atoms with Crippen LogP contribution in [0.1, 0.15) is 69.8 Å². The van der Waals surface area contributed by atoms with E-state index in [1.54, 1.807) is 25.6 Å². The highest BCUT2D eigenvalue weighted by Crippen LogP contribution is 2.44. The first-order valence-electron chi connectivity index (χ1n) is 18.3. The van der Waals surface area contributed by atoms with Gasteiger partial charge in [0, 0.05) is 50.8 Å². The molecule has 278 valence electrons. The van der Waals surface area contributed by atoms with Crippen molar-refractivity contribution in [1.29, 1.82) is 0 Å². The molecule has 0 spiro atoms. The van der Waals surface area contributed by atoms with Crippen molar-refractivity contribution in [3.8, 4) is 11.5 Å². The van der Waals surface area contributed by atoms with Crippen LogP contribution < -0.4 is 9.47 Å². The summed E-state index contributed by atoms with van der Waals surface area (Å²) in [4.78, 5) is 29.0. The van der Waals surface area contributed by atoms with E-state index in [9.17, 15) is 14.7 Å². The molecule has 1 N–H and O–H groups in total. The Kier molecular flexibility index (Phi) is 11.8. The number of benzene rings is 4. The molecule has 1 aliphatic heterocycles. The Morgan fingerprint density at radius 3 is 2.21 bits per heavy atom. The minimum absolute atomic E-state index is 0.0171. The maximum atomic E-state index is 13.5. The molecule has 1 saturated heterocycles. The average molecular weight is 753 g/mol. The number of fused-ring (bicyclic) bond motifs is 1. The van der Waals surface area contributed by atoms with Crippen molar-refractivity contribution in [2.24, 2.45) is 5.41 Å². The topological polar surface area (TPSA) is 81.0 Å². The predicted octanol–water partition coefficient (Wildman–Crippen LogP) is 10.1. The van der Waals surface area contributed by atoms with Gasteiger partial charge in [-0.2, -0.15) is 0 Å². The zero-order valence-corrected chi connectivity index (χ0v) is 32.8. The molecular weight excluding hydrogens is 704 g/mol. The smallest absolute Gasteiger partial charge is 0.309 e. The van der Waals surface area contributed by atoms with Gasteiger partial charge in [0.2, 0.25) is 5.91 Å². The van der Waals surface area contributed by atoms with Gasteiger partial charge in [-0.25, -0.2) is 0 Å². The summed E-state index contributed by atoms with van der Waals surface area (Å²) in [5, 5.41) is 11.9. The lowest BCUT2D eigenvalue weighted by Gasteiger charge is -2.25. The van der Waals surface area contributed by atoms with Gasteiger partial charge in [-0.15, -0.1) is 11.8 Å². The van der Waals surface area contributed by atoms with E-state index in [0.717, 1.165) is 62.5 Å². The minimum atomic E-state index is -0.977. The summed E-state index contributed by atoms with van der Waals surface area (Å²) >= 11 is 7.96. The molecule has 5 aromatic rings. The molecule has 0 bridgehead atoms. The summed E-state index contributed by atoms with van der Waals surface area (Å²) in [6.45, 7) is 12.3. The number of aromatic nitrogens is 1. The van der Waals surface area contributed by atoms with E-state index in [-0.39, 0.29) is 16.7 Å². The SMILES string of the molecule is CC(C)(C)Sc1c(CC(C)(C)C(=O)O)n(Cc2ccc(Cl)cc2)c2ccc(OCC3CCCN3C(=O)Cc3ccc(OCc4ccccc4)cc3)cc12. The summed E-state index contributed by atoms with van der Waals surface area (Å²) in [6, 6.07) is 31.8. The third-order valence-corrected chi connectivity index (χ3v) is 11.1. The highest BCUT2D eigenvalue weighted by atomic mass is 35.5. The van der Waals surface area contributed by atoms with Gasteiger partial charge in [0.25, 0.3) is 0 Å². The fraction of sp³-hybridized carbons (Fsp3) is 0.364. The number of carboxylic acid groups (broad SMARTS) is 1. The Labute approximate surface area is 322 Å². The normalized spacial score (nSPS) is 14.8. The highest BCUT2D eigenvalue weighted by molar-refractivity contribution is 8.00. The van der Waals surface area contributed by atoms with Gasteiger partial charge in [0.1, 0.15) is 24.7 Å². The van der Waals surface area contributed by atoms with Gasteiger partial charge >= 0.3 is 5.97 Å². The zero-order valence-electron chi connectivity index (χ0n) is 31.2. The molecule has 0 aliphatic carbocycles. The second kappa shape index (κ2) is 16.3. The number of carboxylic acids is 1. The lowest BCUT2D eigenvalue weighted by atomic mass is 9.88. The van der Waals surface area contributed by atoms with Crippen LogP contribution in [0, 0.1) is 5.41 Å². The number of halogens is 1. The summed E-state index contributed by atoms with van der Waals surface area (Å²) in [5.41, 5.74) is 4.16. The number of aliphatic carboxylic acids is 1. The maximum absolute atomic E-state index is 13.5. The molecule has 1 aliphatic rings. The third kappa shape index (κ3) is 9.78. The number of hydrogen-bond donors (Lipinski definition) is 1. The molecular formula is C44H49ClN2O5S. The quantitative estimate of drug-likeness (QED) is 0.114. The van der Waals surface area contributed by atoms with Crippen LogP contribution in [0.15, 0.2) is 102 Å². The van der Waals surface area contributed by atoms with Crippen molar-refractivity contribution in [2.45, 2.75) is 89.1 Å². The number of hydrogen-bond acceptors (Lipinski definition) is 5. The summed E-state index contributed by atoms with van der Waals surface area (Å²) < 4.78 is 14.5. The largest absolute Gasteiger partial charge is 0.491 e. The number of thioether (sulfide) groups is 1. The molecule has 53 heavy (non-hydrogen) atoms. The fourth-order valence-corrected chi connectivity index (χ4v) is 8.05. The van der Waals surface area contributed by atoms with Crippen LogP contribution in [0.3, 0.4) is 0 Å². The number of ether oxygens (including phenoxy) is 2. The minimum Gasteiger partial charge on any atom is -0.491 e. The van der Waals surface area contributed by atoms with Crippen molar-refractivity contribution in [1.82, 2.24) is 9.47 Å². The Hall–Kier alpha value is -4.40. The number of rotatable bonds is 14. The first kappa shape index (κ1) is 38.3. The molecule has 1 atom stereocenters. The first-order chi connectivity index (χ1) is 25.3. The molecule has 2 heterocycles. The van der Waals surface area contributed by atoms with Gasteiger partial charge in [0.05, 0.1) is 17.9 Å². The highest BCUT2D eigenvalue weighted by Gasteiger charge is 2.33. The molecule has 0 radical (unpaired) electrons. The molecule has 1 fully saturated rings. The average Bonchev–Trinajstić information content (AvgIpc) is 3.70. The van der Waals surface area contributed by atoms with Crippen molar-refractivity contribution >= 4 is 46.1 Å². The monoisotopic (exact) mass is 752 g/mol. The van der Waals surface area contributed by atoms with Gasteiger partial charge in [-0.3, -0.25) is 9.59 Å². The summed E-state index contributed by atoms with van der Waals surface area (Å²) in [7, 11) is 0. The third-order valence-electron chi connectivity index (χ3n) is 9.61.